The first-order valence-electron chi connectivity index (χ1n) is 5.16. The Morgan fingerprint density at radius 1 is 1.60 bits per heavy atom. The highest BCUT2D eigenvalue weighted by Gasteiger charge is 2.42. The molecule has 3 atom stereocenters. The monoisotopic (exact) mass is 224 g/mol. The van der Waals surface area contributed by atoms with Crippen molar-refractivity contribution in [2.24, 2.45) is 5.92 Å². The van der Waals surface area contributed by atoms with E-state index in [2.05, 4.69) is 20.8 Å². The summed E-state index contributed by atoms with van der Waals surface area (Å²) in [5.41, 5.74) is 1.62. The highest BCUT2D eigenvalue weighted by molar-refractivity contribution is 7.13. The Hall–Kier alpha value is -1.01. The van der Waals surface area contributed by atoms with Crippen molar-refractivity contribution in [3.63, 3.8) is 0 Å². The summed E-state index contributed by atoms with van der Waals surface area (Å²) >= 11 is 1.36. The molecule has 0 spiro atoms. The van der Waals surface area contributed by atoms with Gasteiger partial charge in [0.25, 0.3) is 0 Å². The van der Waals surface area contributed by atoms with Crippen LogP contribution in [0.4, 0.5) is 5.13 Å². The first-order valence-corrected chi connectivity index (χ1v) is 6.04. The van der Waals surface area contributed by atoms with Crippen molar-refractivity contribution in [1.82, 2.24) is 15.5 Å². The number of anilines is 1. The zero-order valence-electron chi connectivity index (χ0n) is 8.14. The topological polar surface area (TPSA) is 66.9 Å². The molecular formula is C9H12N4OS. The number of fused-ring (bicyclic) bond motifs is 2. The Kier molecular flexibility index (Phi) is 2.17. The van der Waals surface area contributed by atoms with E-state index in [-0.39, 0.29) is 11.8 Å². The van der Waals surface area contributed by atoms with E-state index in [0.717, 1.165) is 12.8 Å². The lowest BCUT2D eigenvalue weighted by atomic mass is 9.88. The van der Waals surface area contributed by atoms with Gasteiger partial charge in [0.05, 0.1) is 5.92 Å². The van der Waals surface area contributed by atoms with Crippen LogP contribution in [0.2, 0.25) is 0 Å². The van der Waals surface area contributed by atoms with Gasteiger partial charge in [-0.2, -0.15) is 0 Å². The molecule has 2 saturated heterocycles. The lowest BCUT2D eigenvalue weighted by molar-refractivity contribution is -0.120. The minimum atomic E-state index is 0.0893. The molecule has 1 amide bonds. The number of aromatic nitrogens is 2. The smallest absolute Gasteiger partial charge is 0.230 e. The summed E-state index contributed by atoms with van der Waals surface area (Å²) in [6.07, 6.45) is 3.31. The van der Waals surface area contributed by atoms with Crippen LogP contribution < -0.4 is 10.6 Å². The maximum atomic E-state index is 11.9. The molecule has 0 saturated carbocycles. The van der Waals surface area contributed by atoms with Crippen molar-refractivity contribution in [2.75, 3.05) is 5.32 Å². The fraction of sp³-hybridized carbons (Fsp3) is 0.667. The molecule has 2 N–H and O–H groups in total. The molecule has 15 heavy (non-hydrogen) atoms. The van der Waals surface area contributed by atoms with Crippen molar-refractivity contribution in [3.8, 4) is 0 Å². The maximum absolute atomic E-state index is 11.9. The number of hydrogen-bond acceptors (Lipinski definition) is 5. The number of rotatable bonds is 2. The molecule has 2 aliphatic heterocycles. The van der Waals surface area contributed by atoms with E-state index in [1.54, 1.807) is 5.51 Å². The highest BCUT2D eigenvalue weighted by Crippen LogP contribution is 2.33. The van der Waals surface area contributed by atoms with Gasteiger partial charge in [0.1, 0.15) is 5.51 Å². The fourth-order valence-corrected chi connectivity index (χ4v) is 2.99. The normalized spacial score (nSPS) is 33.2. The summed E-state index contributed by atoms with van der Waals surface area (Å²) in [4.78, 5) is 11.9. The Bertz CT molecular complexity index is 366. The molecule has 0 aromatic carbocycles. The van der Waals surface area contributed by atoms with E-state index in [1.807, 2.05) is 0 Å². The van der Waals surface area contributed by atoms with Crippen molar-refractivity contribution < 1.29 is 4.79 Å². The van der Waals surface area contributed by atoms with E-state index in [4.69, 9.17) is 0 Å². The largest absolute Gasteiger partial charge is 0.310 e. The van der Waals surface area contributed by atoms with E-state index in [9.17, 15) is 4.79 Å². The van der Waals surface area contributed by atoms with Crippen LogP contribution in [0, 0.1) is 5.92 Å². The van der Waals surface area contributed by atoms with Gasteiger partial charge in [-0.25, -0.2) is 0 Å². The molecule has 80 valence electrons. The van der Waals surface area contributed by atoms with E-state index < -0.39 is 0 Å². The number of nitrogens with zero attached hydrogens (tertiary/aromatic N) is 2. The number of carbonyl (C=O) groups is 1. The van der Waals surface area contributed by atoms with Gasteiger partial charge >= 0.3 is 0 Å². The predicted molar refractivity (Wildman–Crippen MR) is 56.6 cm³/mol. The van der Waals surface area contributed by atoms with Gasteiger partial charge in [-0.1, -0.05) is 11.3 Å². The third-order valence-electron chi connectivity index (χ3n) is 3.23. The van der Waals surface area contributed by atoms with Crippen LogP contribution >= 0.6 is 11.3 Å². The second-order valence-electron chi connectivity index (χ2n) is 4.12. The van der Waals surface area contributed by atoms with Gasteiger partial charge in [-0.3, -0.25) is 4.79 Å². The maximum Gasteiger partial charge on any atom is 0.230 e. The molecule has 0 radical (unpaired) electrons. The van der Waals surface area contributed by atoms with Crippen LogP contribution in [-0.4, -0.2) is 28.2 Å². The summed E-state index contributed by atoms with van der Waals surface area (Å²) < 4.78 is 0. The summed E-state index contributed by atoms with van der Waals surface area (Å²) in [5, 5.41) is 14.4. The summed E-state index contributed by atoms with van der Waals surface area (Å²) in [7, 11) is 0. The molecule has 2 aliphatic rings. The minimum Gasteiger partial charge on any atom is -0.310 e. The standard InChI is InChI=1S/C9H12N4OS/c14-8(12-9-13-10-4-15-9)6-3-5-1-2-7(6)11-5/h4-7,11H,1-3H2,(H,12,13,14). The number of carbonyl (C=O) groups excluding carboxylic acids is 1. The third-order valence-corrected chi connectivity index (χ3v) is 3.83. The average Bonchev–Trinajstić information content (AvgIpc) is 2.93. The molecule has 5 nitrogen and oxygen atoms in total. The van der Waals surface area contributed by atoms with E-state index in [0.29, 0.717) is 17.2 Å². The first kappa shape index (κ1) is 9.23. The number of amides is 1. The lowest BCUT2D eigenvalue weighted by Crippen LogP contribution is -2.32. The SMILES string of the molecule is O=C(Nc1nncs1)C1CC2CCC1N2. The molecule has 3 unspecified atom stereocenters. The Labute approximate surface area is 91.3 Å². The fourth-order valence-electron chi connectivity index (χ4n) is 2.54. The number of nitrogens with one attached hydrogen (secondary N) is 2. The first-order chi connectivity index (χ1) is 7.33. The average molecular weight is 224 g/mol. The zero-order chi connectivity index (χ0) is 10.3. The van der Waals surface area contributed by atoms with Crippen LogP contribution in [0.15, 0.2) is 5.51 Å². The van der Waals surface area contributed by atoms with Crippen LogP contribution in [-0.2, 0) is 4.79 Å². The quantitative estimate of drug-likeness (QED) is 0.772. The van der Waals surface area contributed by atoms with Gasteiger partial charge in [0, 0.05) is 12.1 Å². The second kappa shape index (κ2) is 3.53. The number of hydrogen-bond donors (Lipinski definition) is 2. The molecule has 1 aromatic rings. The van der Waals surface area contributed by atoms with Crippen LogP contribution in [0.25, 0.3) is 0 Å². The molecule has 3 heterocycles. The van der Waals surface area contributed by atoms with Gasteiger partial charge < -0.3 is 10.6 Å². The van der Waals surface area contributed by atoms with Crippen LogP contribution in [0.3, 0.4) is 0 Å². The Balaban J connectivity index is 1.66. The zero-order valence-corrected chi connectivity index (χ0v) is 8.96. The molecule has 0 aliphatic carbocycles. The van der Waals surface area contributed by atoms with Gasteiger partial charge in [-0.15, -0.1) is 10.2 Å². The lowest BCUT2D eigenvalue weighted by Gasteiger charge is -2.18. The van der Waals surface area contributed by atoms with E-state index in [1.165, 1.54) is 17.8 Å². The van der Waals surface area contributed by atoms with Gasteiger partial charge in [-0.05, 0) is 19.3 Å². The van der Waals surface area contributed by atoms with Crippen molar-refractivity contribution in [1.29, 1.82) is 0 Å². The summed E-state index contributed by atoms with van der Waals surface area (Å²) in [5.74, 6) is 0.207. The molecule has 1 aromatic heterocycles. The van der Waals surface area contributed by atoms with E-state index >= 15 is 0 Å². The predicted octanol–water partition coefficient (Wildman–Crippen LogP) is 0.617. The van der Waals surface area contributed by atoms with Crippen molar-refractivity contribution >= 4 is 22.4 Å². The van der Waals surface area contributed by atoms with Crippen LogP contribution in [0.5, 0.6) is 0 Å². The van der Waals surface area contributed by atoms with Crippen LogP contribution in [0.1, 0.15) is 19.3 Å². The summed E-state index contributed by atoms with van der Waals surface area (Å²) in [6, 6.07) is 0.933. The molecule has 3 rings (SSSR count). The molecular weight excluding hydrogens is 212 g/mol. The van der Waals surface area contributed by atoms with Crippen molar-refractivity contribution in [3.05, 3.63) is 5.51 Å². The Morgan fingerprint density at radius 2 is 2.53 bits per heavy atom. The van der Waals surface area contributed by atoms with Gasteiger partial charge in [0.2, 0.25) is 11.0 Å². The third kappa shape index (κ3) is 1.63. The van der Waals surface area contributed by atoms with Gasteiger partial charge in [0.15, 0.2) is 0 Å². The minimum absolute atomic E-state index is 0.0893. The Morgan fingerprint density at radius 3 is 3.13 bits per heavy atom. The summed E-state index contributed by atoms with van der Waals surface area (Å²) in [6.45, 7) is 0. The highest BCUT2D eigenvalue weighted by atomic mass is 32.1. The molecule has 6 heteroatoms. The van der Waals surface area contributed by atoms with Crippen molar-refractivity contribution in [2.45, 2.75) is 31.3 Å². The molecule has 2 fully saturated rings. The second-order valence-corrected chi connectivity index (χ2v) is 4.96. The molecule has 2 bridgehead atoms.